The van der Waals surface area contributed by atoms with Crippen LogP contribution in [0.5, 0.6) is 0 Å². The molecule has 1 fully saturated rings. The number of sulfone groups is 3. The summed E-state index contributed by atoms with van der Waals surface area (Å²) in [5.41, 5.74) is 12.9. The number of halogens is 1. The maximum absolute atomic E-state index is 12.6. The first-order chi connectivity index (χ1) is 68.1. The number of carbonyl (C=O) groups excluding carboxylic acids is 2. The third kappa shape index (κ3) is 56.2. The van der Waals surface area contributed by atoms with Crippen LogP contribution in [0.4, 0.5) is 0 Å². The van der Waals surface area contributed by atoms with Crippen molar-refractivity contribution in [2.75, 3.05) is 13.2 Å². The summed E-state index contributed by atoms with van der Waals surface area (Å²) in [5, 5.41) is 25.8. The molecular formula is C124H168BIO12S3. The van der Waals surface area contributed by atoms with Crippen molar-refractivity contribution in [2.45, 2.75) is 244 Å². The van der Waals surface area contributed by atoms with E-state index in [1.807, 2.05) is 242 Å². The van der Waals surface area contributed by atoms with Gasteiger partial charge in [0.25, 0.3) is 0 Å². The largest absolute Gasteiger partial charge is 0.488 e. The Hall–Kier alpha value is -11.4. The fraction of sp³-hybridized carbons (Fsp3) is 0.290. The van der Waals surface area contributed by atoms with Gasteiger partial charge in [-0.15, -0.1) is 0 Å². The lowest BCUT2D eigenvalue weighted by Gasteiger charge is -2.30. The van der Waals surface area contributed by atoms with Crippen LogP contribution in [0.25, 0.3) is 34.4 Å². The van der Waals surface area contributed by atoms with E-state index in [0.29, 0.717) is 26.4 Å². The van der Waals surface area contributed by atoms with E-state index < -0.39 is 52.7 Å². The molecule has 0 amide bonds. The van der Waals surface area contributed by atoms with E-state index >= 15 is 0 Å². The van der Waals surface area contributed by atoms with E-state index in [1.54, 1.807) is 171 Å². The molecule has 13 aromatic carbocycles. The summed E-state index contributed by atoms with van der Waals surface area (Å²) < 4.78 is 81.1. The first kappa shape index (κ1) is 138. The first-order valence-corrected chi connectivity index (χ1v) is 55.2. The average Bonchev–Trinajstić information content (AvgIpc) is 0.885. The van der Waals surface area contributed by atoms with Gasteiger partial charge in [0.2, 0.25) is 9.84 Å². The van der Waals surface area contributed by atoms with Gasteiger partial charge in [-0.3, -0.25) is 9.59 Å². The molecule has 141 heavy (non-hydrogen) atoms. The highest BCUT2D eigenvalue weighted by atomic mass is 127. The number of allylic oxidation sites excluding steroid dienone is 6. The SMILES string of the molecule is C/C(=C(/C)S(=O)(=O)c1ccccc1)c1ccccc1.C/C(=C(/C)c1ccccc1)c1ccccc1.C/C(=C\c1ccccc1)c1ccccc1.C/C(I)=C\c1ccccc1.C1CCOC1.CC.CC.CC.CC.CC.CC.CC.CC.CC.CC.CC(C(=O)c1ccccc1)S(=O)(=O)c1ccccc1.CC(C(C)(O)c1ccccc1)S(=O)(=O)c1ccccc1.O=Cc1ccccc1.OB(O)c1ccccc1. The van der Waals surface area contributed by atoms with Crippen LogP contribution < -0.4 is 5.46 Å². The number of carbonyl (C=O) groups is 2. The number of rotatable bonds is 18. The number of benzene rings is 13. The van der Waals surface area contributed by atoms with E-state index in [2.05, 4.69) is 184 Å². The standard InChI is InChI=1S/C16H18O3S.C16H16O2S.C16H16.C15H14O3S.C15H14.C9H9I.C7H6O.C6H7BO2.C4H8O.10C2H6/c1-13(16(2,17)14-9-5-3-6-10-14)20(18,19)15-11-7-4-8-12-15;1-13(15-9-5-3-6-10-15)14(2)19(17,18)16-11-7-4-8-12-16;1-13(15-9-5-3-6-10-15)14(2)16-11-7-4-8-12-16;1-12(15(16)13-8-4-2-5-9-13)19(17,18)14-10-6-3-7-11-14;1-13(15-10-6-3-7-11-15)12-14-8-4-2-5-9-14;1-8(10)7-9-5-3-2-4-6-9;8-6-7-4-2-1-3-5-7;8-7(9)6-4-2-1-3-5-6;1-2-4-5-3-1;10*1-2/h3-13,17H,1-2H3;3-12H,1-2H3;3-12H,1-2H3;2-12H,1H3;2-12H,1H3;2-7H,1H3;1-6H;1-5,8-9H;1-4H2;10*1-2H3/b;2*14-13+;;13-12+;8-7+;;;;;;;;;;;;;. The highest BCUT2D eigenvalue weighted by Crippen LogP contribution is 2.33. The fourth-order valence-corrected chi connectivity index (χ4v) is 16.4. The summed E-state index contributed by atoms with van der Waals surface area (Å²) in [4.78, 5) is 23.3. The Labute approximate surface area is 869 Å². The Morgan fingerprint density at radius 3 is 0.858 bits per heavy atom. The molecular weight excluding hydrogens is 1920 g/mol. The van der Waals surface area contributed by atoms with Crippen molar-refractivity contribution >= 4 is 111 Å². The Kier molecular flexibility index (Phi) is 85.8. The van der Waals surface area contributed by atoms with Gasteiger partial charge in [-0.2, -0.15) is 0 Å². The Bertz CT molecular complexity index is 5570. The van der Waals surface area contributed by atoms with E-state index in [0.717, 1.165) is 36.2 Å². The fourth-order valence-electron chi connectivity index (χ4n) is 11.6. The van der Waals surface area contributed by atoms with Crippen LogP contribution in [-0.4, -0.2) is 83.3 Å². The Balaban J connectivity index is -0.000000489. The molecule has 3 N–H and O–H groups in total. The van der Waals surface area contributed by atoms with Gasteiger partial charge in [0.1, 0.15) is 17.1 Å². The summed E-state index contributed by atoms with van der Waals surface area (Å²) in [7, 11) is -12.0. The molecule has 13 aromatic rings. The molecule has 1 heterocycles. The van der Waals surface area contributed by atoms with Crippen LogP contribution in [0.2, 0.25) is 0 Å². The topological polar surface area (TPSA) is 206 Å². The number of aldehydes is 1. The van der Waals surface area contributed by atoms with Gasteiger partial charge in [-0.05, 0) is 210 Å². The summed E-state index contributed by atoms with van der Waals surface area (Å²) in [6.45, 7) is 58.6. The van der Waals surface area contributed by atoms with E-state index in [9.17, 15) is 39.9 Å². The molecule has 3 unspecified atom stereocenters. The molecule has 12 nitrogen and oxygen atoms in total. The summed E-state index contributed by atoms with van der Waals surface area (Å²) in [6.07, 6.45) is 7.75. The number of Topliss-reactive ketones (excluding diaryl/α,β-unsaturated/α-hetero) is 1. The summed E-state index contributed by atoms with van der Waals surface area (Å²) in [5.74, 6) is -0.385. The maximum Gasteiger partial charge on any atom is 0.488 e. The van der Waals surface area contributed by atoms with Crippen molar-refractivity contribution in [1.29, 1.82) is 0 Å². The smallest absolute Gasteiger partial charge is 0.423 e. The van der Waals surface area contributed by atoms with Crippen LogP contribution >= 0.6 is 22.6 Å². The summed E-state index contributed by atoms with van der Waals surface area (Å²) in [6, 6.07) is 122. The van der Waals surface area contributed by atoms with Gasteiger partial charge in [0, 0.05) is 29.2 Å². The lowest BCUT2D eigenvalue weighted by Crippen LogP contribution is -2.40. The molecule has 0 aromatic heterocycles. The second-order valence-electron chi connectivity index (χ2n) is 28.0. The maximum atomic E-state index is 12.6. The number of hydrogen-bond acceptors (Lipinski definition) is 12. The Morgan fingerprint density at radius 1 is 0.333 bits per heavy atom. The third-order valence-electron chi connectivity index (χ3n) is 19.3. The van der Waals surface area contributed by atoms with Gasteiger partial charge >= 0.3 is 7.12 Å². The van der Waals surface area contributed by atoms with Crippen molar-refractivity contribution in [3.8, 4) is 0 Å². The van der Waals surface area contributed by atoms with Crippen molar-refractivity contribution < 1.29 is 54.7 Å². The molecule has 0 saturated carbocycles. The molecule has 1 saturated heterocycles. The number of hydrogen-bond donors (Lipinski definition) is 3. The summed E-state index contributed by atoms with van der Waals surface area (Å²) >= 11 is 2.31. The van der Waals surface area contributed by atoms with Crippen LogP contribution in [0.1, 0.15) is 273 Å². The van der Waals surface area contributed by atoms with E-state index in [4.69, 9.17) is 14.8 Å². The minimum atomic E-state index is -3.64. The first-order valence-electron chi connectivity index (χ1n) is 49.5. The molecule has 1 aliphatic heterocycles. The Morgan fingerprint density at radius 2 is 0.582 bits per heavy atom. The van der Waals surface area contributed by atoms with Gasteiger partial charge < -0.3 is 19.9 Å². The number of ether oxygens (including phenoxy) is 1. The monoisotopic (exact) mass is 2080 g/mol. The molecule has 14 rings (SSSR count). The lowest BCUT2D eigenvalue weighted by atomic mass is 9.81. The van der Waals surface area contributed by atoms with Crippen molar-refractivity contribution in [2.24, 2.45) is 0 Å². The molecule has 0 aliphatic carbocycles. The normalized spacial score (nSPS) is 11.6. The molecule has 3 atom stereocenters. The van der Waals surface area contributed by atoms with E-state index in [-0.39, 0.29) is 15.6 Å². The predicted molar refractivity (Wildman–Crippen MR) is 625 cm³/mol. The highest BCUT2D eigenvalue weighted by Gasteiger charge is 2.40. The molecule has 17 heteroatoms. The highest BCUT2D eigenvalue weighted by molar-refractivity contribution is 14.1. The van der Waals surface area contributed by atoms with Crippen molar-refractivity contribution in [3.05, 3.63) is 453 Å². The van der Waals surface area contributed by atoms with Crippen LogP contribution in [-0.2, 0) is 39.8 Å². The zero-order valence-electron chi connectivity index (χ0n) is 89.9. The molecule has 1 aliphatic rings. The molecule has 764 valence electrons. The van der Waals surface area contributed by atoms with Gasteiger partial charge in [-0.1, -0.05) is 502 Å². The molecule has 0 radical (unpaired) electrons. The minimum absolute atomic E-state index is 0.173. The minimum Gasteiger partial charge on any atom is -0.423 e. The number of aliphatic hydroxyl groups is 1. The third-order valence-corrected chi connectivity index (χ3v) is 26.0. The molecule has 0 spiro atoms. The zero-order valence-corrected chi connectivity index (χ0v) is 94.5. The second-order valence-corrected chi connectivity index (χ2v) is 36.3. The van der Waals surface area contributed by atoms with Crippen LogP contribution in [0, 0.1) is 0 Å². The van der Waals surface area contributed by atoms with Gasteiger partial charge in [-0.25, -0.2) is 25.3 Å². The second kappa shape index (κ2) is 87.6. The number of ketones is 1. The van der Waals surface area contributed by atoms with Crippen molar-refractivity contribution in [3.63, 3.8) is 0 Å². The zero-order chi connectivity index (χ0) is 108. The predicted octanol–water partition coefficient (Wildman–Crippen LogP) is 33.7. The van der Waals surface area contributed by atoms with Crippen LogP contribution in [0.15, 0.2) is 417 Å². The van der Waals surface area contributed by atoms with Crippen molar-refractivity contribution in [1.82, 2.24) is 0 Å². The average molecular weight is 2080 g/mol. The van der Waals surface area contributed by atoms with Crippen LogP contribution in [0.3, 0.4) is 0 Å². The van der Waals surface area contributed by atoms with Gasteiger partial charge in [0.05, 0.1) is 19.9 Å². The van der Waals surface area contributed by atoms with Gasteiger partial charge in [0.15, 0.2) is 25.5 Å². The van der Waals surface area contributed by atoms with E-state index in [1.165, 1.54) is 93.9 Å². The molecule has 0 bridgehead atoms. The quantitative estimate of drug-likeness (QED) is 0.0241. The lowest BCUT2D eigenvalue weighted by molar-refractivity contribution is 0.0564.